The maximum Gasteiger partial charge on any atom is 0.241 e. The molecule has 0 aliphatic heterocycles. The Balaban J connectivity index is 3.32. The maximum absolute atomic E-state index is 4.55. The van der Waals surface area contributed by atoms with E-state index in [9.17, 15) is 0 Å². The summed E-state index contributed by atoms with van der Waals surface area (Å²) < 4.78 is 0.211. The van der Waals surface area contributed by atoms with Gasteiger partial charge in [-0.15, -0.1) is 10.2 Å². The molecule has 0 saturated carbocycles. The van der Waals surface area contributed by atoms with Crippen LogP contribution in [0, 0.1) is 4.77 Å². The topological polar surface area (TPSA) is 51.6 Å². The van der Waals surface area contributed by atoms with Crippen molar-refractivity contribution in [1.29, 1.82) is 0 Å². The van der Waals surface area contributed by atoms with Crippen LogP contribution < -0.4 is 0 Å². The van der Waals surface area contributed by atoms with Crippen molar-refractivity contribution in [2.45, 2.75) is 0 Å². The Kier molecular flexibility index (Phi) is 1.53. The Morgan fingerprint density at radius 1 is 1.38 bits per heavy atom. The van der Waals surface area contributed by atoms with E-state index in [2.05, 4.69) is 32.4 Å². The first-order chi connectivity index (χ1) is 3.89. The van der Waals surface area contributed by atoms with Crippen LogP contribution >= 0.6 is 12.2 Å². The molecule has 0 bridgehead atoms. The van der Waals surface area contributed by atoms with Gasteiger partial charge in [0.05, 0.1) is 0 Å². The van der Waals surface area contributed by atoms with E-state index in [1.807, 2.05) is 0 Å². The van der Waals surface area contributed by atoms with Crippen LogP contribution in [0.5, 0.6) is 0 Å². The van der Waals surface area contributed by atoms with Gasteiger partial charge in [-0.2, -0.15) is 0 Å². The van der Waals surface area contributed by atoms with Crippen LogP contribution in [-0.2, 0) is 0 Å². The highest BCUT2D eigenvalue weighted by Gasteiger charge is 1.69. The van der Waals surface area contributed by atoms with E-state index in [0.29, 0.717) is 0 Å². The third-order valence-corrected chi connectivity index (χ3v) is 0.683. The highest BCUT2D eigenvalue weighted by molar-refractivity contribution is 7.71. The second-order valence-electron chi connectivity index (χ2n) is 1.01. The fraction of sp³-hybridized carbons (Fsp3) is 0. The molecule has 0 radical (unpaired) electrons. The number of nitrogens with zero attached hydrogens (tertiary/aromatic N) is 4. The Labute approximate surface area is 50.6 Å². The molecule has 0 aliphatic rings. The van der Waals surface area contributed by atoms with Gasteiger partial charge in [0.2, 0.25) is 4.77 Å². The van der Waals surface area contributed by atoms with Gasteiger partial charge in [-0.1, -0.05) is 0 Å². The molecule has 0 atom stereocenters. The fourth-order valence-corrected chi connectivity index (χ4v) is 0.338. The summed E-state index contributed by atoms with van der Waals surface area (Å²) in [5, 5.41) is 6.85. The first kappa shape index (κ1) is 5.17. The zero-order chi connectivity index (χ0) is 5.82. The SMILES string of the molecule is S=c1ncncnn1. The van der Waals surface area contributed by atoms with Gasteiger partial charge in [0.25, 0.3) is 0 Å². The van der Waals surface area contributed by atoms with Crippen LogP contribution in [0.1, 0.15) is 0 Å². The summed E-state index contributed by atoms with van der Waals surface area (Å²) >= 11 is 4.55. The average molecular weight is 126 g/mol. The highest BCUT2D eigenvalue weighted by atomic mass is 32.1. The summed E-state index contributed by atoms with van der Waals surface area (Å²) in [6.45, 7) is 0. The van der Waals surface area contributed by atoms with E-state index in [0.717, 1.165) is 0 Å². The van der Waals surface area contributed by atoms with Crippen molar-refractivity contribution < 1.29 is 0 Å². The van der Waals surface area contributed by atoms with Crippen LogP contribution in [0.2, 0.25) is 0 Å². The summed E-state index contributed by atoms with van der Waals surface area (Å²) in [6.07, 6.45) is 2.59. The maximum atomic E-state index is 4.55. The molecule has 1 aromatic rings. The molecule has 0 saturated heterocycles. The molecule has 0 amide bonds. The van der Waals surface area contributed by atoms with Gasteiger partial charge in [0, 0.05) is 0 Å². The van der Waals surface area contributed by atoms with Crippen molar-refractivity contribution in [2.75, 3.05) is 0 Å². The van der Waals surface area contributed by atoms with Gasteiger partial charge in [-0.25, -0.2) is 9.97 Å². The van der Waals surface area contributed by atoms with Crippen molar-refractivity contribution in [2.24, 2.45) is 0 Å². The Morgan fingerprint density at radius 3 is 3.12 bits per heavy atom. The lowest BCUT2D eigenvalue weighted by Gasteiger charge is -1.58. The van der Waals surface area contributed by atoms with Gasteiger partial charge in [0.15, 0.2) is 0 Å². The average Bonchev–Trinajstić information content (AvgIpc) is 1.94. The van der Waals surface area contributed by atoms with Crippen LogP contribution in [0.3, 0.4) is 0 Å². The molecule has 8 heavy (non-hydrogen) atoms. The van der Waals surface area contributed by atoms with Gasteiger partial charge >= 0.3 is 0 Å². The number of aromatic nitrogens is 4. The second-order valence-corrected chi connectivity index (χ2v) is 1.37. The molecule has 0 fully saturated rings. The largest absolute Gasteiger partial charge is 0.241 e. The molecular formula is C3H2N4S. The smallest absolute Gasteiger partial charge is 0.223 e. The van der Waals surface area contributed by atoms with E-state index >= 15 is 0 Å². The van der Waals surface area contributed by atoms with Crippen LogP contribution in [0.15, 0.2) is 12.7 Å². The molecule has 1 aromatic heterocycles. The molecule has 0 aliphatic carbocycles. The zero-order valence-corrected chi connectivity index (χ0v) is 4.67. The lowest BCUT2D eigenvalue weighted by Crippen LogP contribution is -1.70. The van der Waals surface area contributed by atoms with Crippen LogP contribution in [-0.4, -0.2) is 20.2 Å². The van der Waals surface area contributed by atoms with Crippen LogP contribution in [0.4, 0.5) is 0 Å². The predicted molar refractivity (Wildman–Crippen MR) is 28.5 cm³/mol. The van der Waals surface area contributed by atoms with Gasteiger partial charge < -0.3 is 0 Å². The first-order valence-corrected chi connectivity index (χ1v) is 2.29. The standard InChI is InChI=1S/C3H2N4S/c8-3-5-1-4-2-6-7-3/h1-2H. The summed E-state index contributed by atoms with van der Waals surface area (Å²) in [7, 11) is 0. The zero-order valence-electron chi connectivity index (χ0n) is 3.85. The van der Waals surface area contributed by atoms with E-state index in [1.54, 1.807) is 0 Å². The summed E-state index contributed by atoms with van der Waals surface area (Å²) in [5.41, 5.74) is 0. The second kappa shape index (κ2) is 2.37. The molecule has 5 heteroatoms. The molecule has 4 nitrogen and oxygen atoms in total. The van der Waals surface area contributed by atoms with Crippen molar-refractivity contribution in [1.82, 2.24) is 20.2 Å². The molecule has 40 valence electrons. The summed E-state index contributed by atoms with van der Waals surface area (Å²) in [5.74, 6) is 0. The molecule has 0 aromatic carbocycles. The van der Waals surface area contributed by atoms with E-state index in [1.165, 1.54) is 12.7 Å². The number of hydrogen-bond acceptors (Lipinski definition) is 5. The third kappa shape index (κ3) is 1.27. The minimum Gasteiger partial charge on any atom is -0.223 e. The molecule has 1 heterocycles. The van der Waals surface area contributed by atoms with E-state index in [4.69, 9.17) is 0 Å². The third-order valence-electron chi connectivity index (χ3n) is 0.496. The molecule has 1 rings (SSSR count). The van der Waals surface area contributed by atoms with Crippen molar-refractivity contribution in [3.8, 4) is 0 Å². The summed E-state index contributed by atoms with van der Waals surface area (Å²) in [6, 6.07) is 0. The van der Waals surface area contributed by atoms with E-state index < -0.39 is 0 Å². The fourth-order valence-electron chi connectivity index (χ4n) is 0.243. The first-order valence-electron chi connectivity index (χ1n) is 1.88. The monoisotopic (exact) mass is 126 g/mol. The van der Waals surface area contributed by atoms with Crippen LogP contribution in [0.25, 0.3) is 0 Å². The predicted octanol–water partition coefficient (Wildman–Crippen LogP) is -0.00391. The Morgan fingerprint density at radius 2 is 2.25 bits per heavy atom. The summed E-state index contributed by atoms with van der Waals surface area (Å²) in [4.78, 5) is 7.13. The highest BCUT2D eigenvalue weighted by Crippen LogP contribution is 1.65. The van der Waals surface area contributed by atoms with Crippen molar-refractivity contribution in [3.05, 3.63) is 17.4 Å². The molecular weight excluding hydrogens is 124 g/mol. The molecule has 0 unspecified atom stereocenters. The van der Waals surface area contributed by atoms with Gasteiger partial charge in [-0.05, 0) is 12.2 Å². The molecule has 0 spiro atoms. The quantitative estimate of drug-likeness (QED) is 0.458. The lowest BCUT2D eigenvalue weighted by molar-refractivity contribution is 0.995. The minimum absolute atomic E-state index is 0.211. The van der Waals surface area contributed by atoms with E-state index in [-0.39, 0.29) is 4.77 Å². The molecule has 0 N–H and O–H groups in total. The Bertz CT molecular complexity index is 202. The number of hydrogen-bond donors (Lipinski definition) is 0. The number of rotatable bonds is 0. The van der Waals surface area contributed by atoms with Gasteiger partial charge in [-0.3, -0.25) is 0 Å². The Hall–Kier alpha value is -0.970. The van der Waals surface area contributed by atoms with Crippen molar-refractivity contribution in [3.63, 3.8) is 0 Å². The lowest BCUT2D eigenvalue weighted by atomic mass is 11.2. The van der Waals surface area contributed by atoms with Crippen molar-refractivity contribution >= 4 is 12.2 Å². The minimum atomic E-state index is 0.211. The van der Waals surface area contributed by atoms with Gasteiger partial charge in [0.1, 0.15) is 12.7 Å². The normalized spacial score (nSPS) is 8.50.